The van der Waals surface area contributed by atoms with Gasteiger partial charge in [-0.3, -0.25) is 4.79 Å². The van der Waals surface area contributed by atoms with Gasteiger partial charge in [0.15, 0.2) is 5.71 Å². The summed E-state index contributed by atoms with van der Waals surface area (Å²) >= 11 is 5.58. The summed E-state index contributed by atoms with van der Waals surface area (Å²) in [5.41, 5.74) is 7.12. The van der Waals surface area contributed by atoms with Gasteiger partial charge in [-0.1, -0.05) is 33.8 Å². The fourth-order valence-electron chi connectivity index (χ4n) is 6.26. The quantitative estimate of drug-likeness (QED) is 0.0643. The van der Waals surface area contributed by atoms with Gasteiger partial charge in [-0.05, 0) is 75.6 Å². The van der Waals surface area contributed by atoms with Crippen LogP contribution in [0.25, 0.3) is 0 Å². The number of unbranched alkanes of at least 4 members (excludes halogenated alkanes) is 2. The fourth-order valence-corrected chi connectivity index (χ4v) is 6.84. The van der Waals surface area contributed by atoms with Gasteiger partial charge in [-0.2, -0.15) is 8.91 Å². The highest BCUT2D eigenvalue weighted by atomic mass is 32.2. The smallest absolute Gasteiger partial charge is 0.209 e. The van der Waals surface area contributed by atoms with Crippen molar-refractivity contribution in [2.24, 2.45) is 5.92 Å². The number of ketones is 1. The molecule has 0 aliphatic carbocycles. The summed E-state index contributed by atoms with van der Waals surface area (Å²) in [5.74, 6) is 0.456. The topological polar surface area (TPSA) is 52.8 Å². The van der Waals surface area contributed by atoms with Crippen LogP contribution in [0.15, 0.2) is 70.1 Å². The second-order valence-corrected chi connectivity index (χ2v) is 13.7. The summed E-state index contributed by atoms with van der Waals surface area (Å²) in [5, 5.41) is 9.02. The fraction of sp³-hybridized carbons (Fsp3) is 0.471. The average molecular weight is 594 g/mol. The highest BCUT2D eigenvalue weighted by Gasteiger charge is 2.44. The summed E-state index contributed by atoms with van der Waals surface area (Å²) in [6.07, 6.45) is 10.4. The molecular weight excluding hydrogens is 549 g/mol. The molecule has 1 N–H and O–H groups in total. The van der Waals surface area contributed by atoms with E-state index in [1.165, 1.54) is 33.9 Å². The lowest BCUT2D eigenvalue weighted by Crippen LogP contribution is -2.28. The van der Waals surface area contributed by atoms with Crippen LogP contribution in [0.1, 0.15) is 85.3 Å². The van der Waals surface area contributed by atoms with Gasteiger partial charge in [-0.15, -0.1) is 12.6 Å². The minimum absolute atomic E-state index is 0.108. The van der Waals surface area contributed by atoms with Gasteiger partial charge in [0, 0.05) is 69.6 Å². The molecule has 0 radical (unpaired) electrons. The average Bonchev–Trinajstić information content (AvgIpc) is 3.26. The number of anilines is 1. The van der Waals surface area contributed by atoms with Crippen LogP contribution < -0.4 is 4.90 Å². The van der Waals surface area contributed by atoms with E-state index in [2.05, 4.69) is 110 Å². The molecule has 2 aliphatic heterocycles. The van der Waals surface area contributed by atoms with Crippen molar-refractivity contribution in [1.82, 2.24) is 0 Å². The van der Waals surface area contributed by atoms with E-state index in [1.54, 1.807) is 0 Å². The number of hydrogen-bond donors (Lipinski definition) is 2. The lowest BCUT2D eigenvalue weighted by Gasteiger charge is -2.25. The predicted molar refractivity (Wildman–Crippen MR) is 174 cm³/mol. The molecule has 0 amide bonds. The maximum absolute atomic E-state index is 12.1. The van der Waals surface area contributed by atoms with Gasteiger partial charge in [-0.25, -0.2) is 5.26 Å². The Morgan fingerprint density at radius 1 is 1.07 bits per heavy atom. The van der Waals surface area contributed by atoms with E-state index in [0.29, 0.717) is 12.2 Å². The molecule has 7 heteroatoms. The number of likely N-dealkylation sites (N-methyl/N-ethyl adjacent to an activating group) is 1. The zero-order valence-electron chi connectivity index (χ0n) is 25.5. The van der Waals surface area contributed by atoms with E-state index in [-0.39, 0.29) is 16.7 Å². The van der Waals surface area contributed by atoms with Gasteiger partial charge in [0.25, 0.3) is 0 Å². The molecule has 2 heterocycles. The Kier molecular flexibility index (Phi) is 9.95. The number of rotatable bonds is 12. The van der Waals surface area contributed by atoms with Gasteiger partial charge < -0.3 is 4.90 Å². The Morgan fingerprint density at radius 2 is 1.83 bits per heavy atom. The Morgan fingerprint density at radius 3 is 2.51 bits per heavy atom. The molecule has 0 bridgehead atoms. The summed E-state index contributed by atoms with van der Waals surface area (Å²) in [6, 6.07) is 12.7. The first-order chi connectivity index (χ1) is 19.4. The minimum atomic E-state index is -0.233. The molecule has 0 aromatic heterocycles. The minimum Gasteiger partial charge on any atom is -0.344 e. The van der Waals surface area contributed by atoms with Crippen LogP contribution in [0.4, 0.5) is 11.4 Å². The Labute approximate surface area is 255 Å². The van der Waals surface area contributed by atoms with Gasteiger partial charge in [0.2, 0.25) is 5.69 Å². The molecule has 0 atom stereocenters. The maximum atomic E-state index is 12.1. The second-order valence-electron chi connectivity index (χ2n) is 12.4. The Hall–Kier alpha value is -2.32. The SMILES string of the molecule is CCN1/C(=C/C=C/C2=[N+](CCCCCC(=O)C(C)C)c3ccc(SOO)cc3C2(C)C)C(C)(C)c2cc(S)ccc21. The summed E-state index contributed by atoms with van der Waals surface area (Å²) in [6.45, 7) is 17.0. The molecule has 0 spiro atoms. The molecule has 5 nitrogen and oxygen atoms in total. The number of allylic oxidation sites excluding steroid dienone is 4. The Bertz CT molecular complexity index is 1390. The number of benzene rings is 2. The van der Waals surface area contributed by atoms with Crippen molar-refractivity contribution >= 4 is 47.5 Å². The van der Waals surface area contributed by atoms with Crippen LogP contribution in [0.5, 0.6) is 0 Å². The van der Waals surface area contributed by atoms with Crippen molar-refractivity contribution in [1.29, 1.82) is 0 Å². The number of Topliss-reactive ketones (excluding diaryl/α,β-unsaturated/α-hetero) is 1. The zero-order chi connectivity index (χ0) is 29.9. The van der Waals surface area contributed by atoms with Crippen LogP contribution in [0, 0.1) is 5.92 Å². The van der Waals surface area contributed by atoms with Crippen molar-refractivity contribution in [2.45, 2.75) is 94.8 Å². The van der Waals surface area contributed by atoms with E-state index < -0.39 is 0 Å². The largest absolute Gasteiger partial charge is 0.344 e. The third-order valence-electron chi connectivity index (χ3n) is 8.65. The van der Waals surface area contributed by atoms with E-state index in [1.807, 2.05) is 19.9 Å². The first-order valence-electron chi connectivity index (χ1n) is 14.7. The van der Waals surface area contributed by atoms with Crippen LogP contribution in [0.3, 0.4) is 0 Å². The second kappa shape index (κ2) is 12.9. The lowest BCUT2D eigenvalue weighted by molar-refractivity contribution is -0.438. The number of nitrogens with zero attached hydrogens (tertiary/aromatic N) is 2. The molecule has 2 aliphatic rings. The standard InChI is InChI=1S/C34H44N2O3S2/c1-8-35-28-18-16-24(40)21-26(28)33(4,5)31(35)14-12-15-32-34(6,7)27-22-25(41-39-38)17-19-29(27)36(32)20-11-9-10-13-30(37)23(2)3/h12,14-19,21-23H,8-11,13,20H2,1-7H3,(H-,38,40)/p+1. The van der Waals surface area contributed by atoms with Crippen molar-refractivity contribution in [3.8, 4) is 0 Å². The van der Waals surface area contributed by atoms with Crippen LogP contribution in [-0.2, 0) is 20.0 Å². The molecular formula is C34H45N2O3S2+. The van der Waals surface area contributed by atoms with Gasteiger partial charge in [0.1, 0.15) is 12.3 Å². The van der Waals surface area contributed by atoms with Crippen LogP contribution >= 0.6 is 24.7 Å². The normalized spacial score (nSPS) is 18.2. The highest BCUT2D eigenvalue weighted by Crippen LogP contribution is 2.48. The van der Waals surface area contributed by atoms with Gasteiger partial charge in [0.05, 0.1) is 17.5 Å². The van der Waals surface area contributed by atoms with E-state index in [9.17, 15) is 4.79 Å². The van der Waals surface area contributed by atoms with Gasteiger partial charge >= 0.3 is 0 Å². The Balaban J connectivity index is 1.65. The van der Waals surface area contributed by atoms with E-state index in [0.717, 1.165) is 54.2 Å². The molecule has 2 aromatic carbocycles. The third kappa shape index (κ3) is 6.38. The molecule has 2 aromatic rings. The molecule has 220 valence electrons. The summed E-state index contributed by atoms with van der Waals surface area (Å²) in [4.78, 5) is 16.3. The maximum Gasteiger partial charge on any atom is 0.209 e. The number of carbonyl (C=O) groups is 1. The number of fused-ring (bicyclic) bond motifs is 2. The van der Waals surface area contributed by atoms with Crippen LogP contribution in [0.2, 0.25) is 0 Å². The molecule has 0 unspecified atom stereocenters. The first kappa shape index (κ1) is 31.6. The zero-order valence-corrected chi connectivity index (χ0v) is 27.2. The van der Waals surface area contributed by atoms with Crippen molar-refractivity contribution < 1.29 is 19.0 Å². The molecule has 0 saturated heterocycles. The van der Waals surface area contributed by atoms with Crippen LogP contribution in [-0.4, -0.2) is 34.4 Å². The highest BCUT2D eigenvalue weighted by molar-refractivity contribution is 7.94. The monoisotopic (exact) mass is 593 g/mol. The van der Waals surface area contributed by atoms with Crippen molar-refractivity contribution in [3.05, 3.63) is 71.5 Å². The van der Waals surface area contributed by atoms with Crippen molar-refractivity contribution in [3.63, 3.8) is 0 Å². The third-order valence-corrected chi connectivity index (χ3v) is 9.44. The molecule has 0 fully saturated rings. The van der Waals surface area contributed by atoms with Crippen molar-refractivity contribution in [2.75, 3.05) is 18.0 Å². The molecule has 41 heavy (non-hydrogen) atoms. The summed E-state index contributed by atoms with van der Waals surface area (Å²) in [7, 11) is 0. The van der Waals surface area contributed by atoms with E-state index >= 15 is 0 Å². The van der Waals surface area contributed by atoms with E-state index in [4.69, 9.17) is 5.26 Å². The lowest BCUT2D eigenvalue weighted by atomic mass is 9.81. The number of thiol groups is 1. The molecule has 4 rings (SSSR count). The number of carbonyl (C=O) groups excluding carboxylic acids is 1. The number of hydrogen-bond acceptors (Lipinski definition) is 6. The summed E-state index contributed by atoms with van der Waals surface area (Å²) < 4.78 is 6.80. The molecule has 0 saturated carbocycles. The first-order valence-corrected chi connectivity index (χ1v) is 15.9. The predicted octanol–water partition coefficient (Wildman–Crippen LogP) is 8.89.